The highest BCUT2D eigenvalue weighted by Crippen LogP contribution is 2.22. The van der Waals surface area contributed by atoms with E-state index in [0.717, 1.165) is 43.3 Å². The monoisotopic (exact) mass is 382 g/mol. The molecule has 6 heteroatoms. The average molecular weight is 384 g/mol. The number of benzene rings is 2. The molecule has 0 aromatic heterocycles. The van der Waals surface area contributed by atoms with E-state index in [4.69, 9.17) is 34.8 Å². The molecule has 2 aromatic rings. The first kappa shape index (κ1) is 17.6. The fourth-order valence-electron chi connectivity index (χ4n) is 2.77. The minimum absolute atomic E-state index is 0.623. The van der Waals surface area contributed by atoms with Gasteiger partial charge in [0.1, 0.15) is 6.54 Å². The Morgan fingerprint density at radius 3 is 2.21 bits per heavy atom. The van der Waals surface area contributed by atoms with Gasteiger partial charge in [-0.05, 0) is 24.3 Å². The maximum absolute atomic E-state index is 6.16. The summed E-state index contributed by atoms with van der Waals surface area (Å²) in [6.07, 6.45) is 1.76. The molecule has 1 N–H and O–H groups in total. The predicted octanol–water partition coefficient (Wildman–Crippen LogP) is 3.38. The summed E-state index contributed by atoms with van der Waals surface area (Å²) < 4.78 is 0. The largest absolute Gasteiger partial charge is 0.328 e. The predicted molar refractivity (Wildman–Crippen MR) is 101 cm³/mol. The molecule has 0 spiro atoms. The van der Waals surface area contributed by atoms with Gasteiger partial charge in [0.2, 0.25) is 0 Å². The molecule has 0 bridgehead atoms. The summed E-state index contributed by atoms with van der Waals surface area (Å²) in [5.74, 6) is 0. The highest BCUT2D eigenvalue weighted by molar-refractivity contribution is 6.38. The molecule has 1 aliphatic heterocycles. The van der Waals surface area contributed by atoms with Crippen molar-refractivity contribution in [3.8, 4) is 0 Å². The zero-order valence-corrected chi connectivity index (χ0v) is 15.5. The first-order chi connectivity index (χ1) is 11.6. The third-order valence-electron chi connectivity index (χ3n) is 4.16. The van der Waals surface area contributed by atoms with Crippen molar-refractivity contribution in [1.29, 1.82) is 0 Å². The zero-order chi connectivity index (χ0) is 16.9. The average Bonchev–Trinajstić information content (AvgIpc) is 2.58. The first-order valence-corrected chi connectivity index (χ1v) is 9.06. The van der Waals surface area contributed by atoms with Crippen LogP contribution in [0.25, 0.3) is 0 Å². The third kappa shape index (κ3) is 4.64. The maximum Gasteiger partial charge on any atom is 0.103 e. The number of piperazine rings is 1. The Hall–Kier alpha value is -1.26. The van der Waals surface area contributed by atoms with Crippen LogP contribution in [-0.4, -0.2) is 37.4 Å². The molecule has 0 unspecified atom stereocenters. The fourth-order valence-corrected chi connectivity index (χ4v) is 3.39. The molecule has 1 saturated heterocycles. The summed E-state index contributed by atoms with van der Waals surface area (Å²) in [6.45, 7) is 4.96. The molecule has 3 rings (SSSR count). The van der Waals surface area contributed by atoms with Crippen LogP contribution in [0.2, 0.25) is 15.1 Å². The van der Waals surface area contributed by atoms with Crippen molar-refractivity contribution >= 4 is 41.0 Å². The van der Waals surface area contributed by atoms with Gasteiger partial charge in [-0.1, -0.05) is 53.0 Å². The normalized spacial score (nSPS) is 16.0. The molecule has 0 amide bonds. The lowest BCUT2D eigenvalue weighted by Crippen LogP contribution is -3.13. The van der Waals surface area contributed by atoms with E-state index in [-0.39, 0.29) is 0 Å². The second kappa shape index (κ2) is 8.21. The van der Waals surface area contributed by atoms with Crippen molar-refractivity contribution in [2.24, 2.45) is 5.10 Å². The topological polar surface area (TPSA) is 20.0 Å². The van der Waals surface area contributed by atoms with Crippen molar-refractivity contribution in [1.82, 2.24) is 5.01 Å². The van der Waals surface area contributed by atoms with E-state index in [2.05, 4.69) is 22.2 Å². The Balaban J connectivity index is 1.53. The van der Waals surface area contributed by atoms with Crippen LogP contribution in [0, 0.1) is 0 Å². The smallest absolute Gasteiger partial charge is 0.103 e. The Bertz CT molecular complexity index is 688. The van der Waals surface area contributed by atoms with E-state index in [0.29, 0.717) is 10.0 Å². The molecular formula is C18H19Cl3N3+. The Kier molecular flexibility index (Phi) is 6.01. The Morgan fingerprint density at radius 1 is 0.958 bits per heavy atom. The number of hydrogen-bond acceptors (Lipinski definition) is 2. The highest BCUT2D eigenvalue weighted by Gasteiger charge is 2.18. The quantitative estimate of drug-likeness (QED) is 0.802. The molecule has 1 aliphatic rings. The molecule has 1 heterocycles. The van der Waals surface area contributed by atoms with Crippen LogP contribution in [0.1, 0.15) is 11.1 Å². The first-order valence-electron chi connectivity index (χ1n) is 7.93. The summed E-state index contributed by atoms with van der Waals surface area (Å²) in [7, 11) is 0. The SMILES string of the molecule is Clc1ccc(C[NH+]2CCN(/N=C\c3c(Cl)cccc3Cl)CC2)cc1. The van der Waals surface area contributed by atoms with Gasteiger partial charge < -0.3 is 4.90 Å². The standard InChI is InChI=1S/C18H18Cl3N3/c19-15-6-4-14(5-7-15)13-23-8-10-24(11-9-23)22-12-16-17(20)2-1-3-18(16)21/h1-7,12H,8-11,13H2/p+1/b22-12-. The van der Waals surface area contributed by atoms with Crippen molar-refractivity contribution in [3.05, 3.63) is 68.7 Å². The molecule has 126 valence electrons. The highest BCUT2D eigenvalue weighted by atomic mass is 35.5. The summed E-state index contributed by atoms with van der Waals surface area (Å²) in [6, 6.07) is 13.6. The van der Waals surface area contributed by atoms with Crippen LogP contribution in [0.4, 0.5) is 0 Å². The van der Waals surface area contributed by atoms with Gasteiger partial charge in [0.25, 0.3) is 0 Å². The number of hydrogen-bond donors (Lipinski definition) is 1. The molecule has 0 aliphatic carbocycles. The van der Waals surface area contributed by atoms with E-state index in [9.17, 15) is 0 Å². The van der Waals surface area contributed by atoms with Crippen LogP contribution in [0.5, 0.6) is 0 Å². The van der Waals surface area contributed by atoms with Gasteiger partial charge >= 0.3 is 0 Å². The number of hydrazone groups is 1. The van der Waals surface area contributed by atoms with E-state index in [1.165, 1.54) is 5.56 Å². The number of quaternary nitrogens is 1. The molecule has 0 saturated carbocycles. The minimum Gasteiger partial charge on any atom is -0.328 e. The fraction of sp³-hybridized carbons (Fsp3) is 0.278. The van der Waals surface area contributed by atoms with E-state index >= 15 is 0 Å². The van der Waals surface area contributed by atoms with Gasteiger partial charge in [-0.25, -0.2) is 0 Å². The Morgan fingerprint density at radius 2 is 1.58 bits per heavy atom. The summed E-state index contributed by atoms with van der Waals surface area (Å²) in [4.78, 5) is 1.56. The van der Waals surface area contributed by atoms with Gasteiger partial charge in [-0.3, -0.25) is 5.01 Å². The molecule has 2 aromatic carbocycles. The number of halogens is 3. The molecular weight excluding hydrogens is 365 g/mol. The summed E-state index contributed by atoms with van der Waals surface area (Å²) in [5, 5.41) is 8.64. The van der Waals surface area contributed by atoms with Crippen LogP contribution >= 0.6 is 34.8 Å². The van der Waals surface area contributed by atoms with Crippen molar-refractivity contribution in [2.45, 2.75) is 6.54 Å². The number of rotatable bonds is 4. The molecule has 1 fully saturated rings. The van der Waals surface area contributed by atoms with Gasteiger partial charge in [-0.2, -0.15) is 5.10 Å². The number of nitrogens with zero attached hydrogens (tertiary/aromatic N) is 2. The zero-order valence-electron chi connectivity index (χ0n) is 13.2. The van der Waals surface area contributed by atoms with Crippen LogP contribution in [0.3, 0.4) is 0 Å². The molecule has 24 heavy (non-hydrogen) atoms. The van der Waals surface area contributed by atoms with Gasteiger partial charge in [0.15, 0.2) is 0 Å². The second-order valence-electron chi connectivity index (χ2n) is 5.89. The third-order valence-corrected chi connectivity index (χ3v) is 5.08. The second-order valence-corrected chi connectivity index (χ2v) is 7.14. The van der Waals surface area contributed by atoms with E-state index in [1.54, 1.807) is 11.1 Å². The summed E-state index contributed by atoms with van der Waals surface area (Å²) in [5.41, 5.74) is 2.09. The van der Waals surface area contributed by atoms with Crippen LogP contribution in [-0.2, 0) is 6.54 Å². The maximum atomic E-state index is 6.16. The van der Waals surface area contributed by atoms with Crippen molar-refractivity contribution in [2.75, 3.05) is 26.2 Å². The minimum atomic E-state index is 0.623. The molecule has 0 radical (unpaired) electrons. The molecule has 0 atom stereocenters. The number of nitrogens with one attached hydrogen (secondary N) is 1. The summed E-state index contributed by atoms with van der Waals surface area (Å²) >= 11 is 18.3. The van der Waals surface area contributed by atoms with Gasteiger partial charge in [0.05, 0.1) is 42.4 Å². The van der Waals surface area contributed by atoms with E-state index in [1.807, 2.05) is 30.3 Å². The van der Waals surface area contributed by atoms with Crippen LogP contribution < -0.4 is 4.90 Å². The van der Waals surface area contributed by atoms with Crippen LogP contribution in [0.15, 0.2) is 47.6 Å². The molecule has 3 nitrogen and oxygen atoms in total. The van der Waals surface area contributed by atoms with Crippen molar-refractivity contribution < 1.29 is 4.90 Å². The van der Waals surface area contributed by atoms with Crippen molar-refractivity contribution in [3.63, 3.8) is 0 Å². The van der Waals surface area contributed by atoms with Gasteiger partial charge in [-0.15, -0.1) is 0 Å². The lowest BCUT2D eigenvalue weighted by Gasteiger charge is -2.30. The van der Waals surface area contributed by atoms with Gasteiger partial charge in [0, 0.05) is 16.1 Å². The lowest BCUT2D eigenvalue weighted by atomic mass is 10.2. The lowest BCUT2D eigenvalue weighted by molar-refractivity contribution is -0.918. The van der Waals surface area contributed by atoms with E-state index < -0.39 is 0 Å². The Labute approximate surface area is 157 Å².